The molecule has 0 saturated carbocycles. The van der Waals surface area contributed by atoms with Crippen molar-refractivity contribution in [1.82, 2.24) is 0 Å². The molecular weight excluding hydrogens is 468 g/mol. The van der Waals surface area contributed by atoms with Crippen molar-refractivity contribution in [3.8, 4) is 5.75 Å². The van der Waals surface area contributed by atoms with Crippen LogP contribution in [0.2, 0.25) is 5.04 Å². The van der Waals surface area contributed by atoms with Crippen molar-refractivity contribution in [2.45, 2.75) is 57.5 Å². The van der Waals surface area contributed by atoms with Crippen LogP contribution < -0.4 is 15.1 Å². The maximum absolute atomic E-state index is 11.0. The van der Waals surface area contributed by atoms with Crippen LogP contribution in [0.4, 0.5) is 0 Å². The molecule has 0 fully saturated rings. The third-order valence-corrected chi connectivity index (χ3v) is 11.7. The summed E-state index contributed by atoms with van der Waals surface area (Å²) < 4.78 is 18.1. The number of benzene rings is 3. The van der Waals surface area contributed by atoms with Crippen LogP contribution in [0.25, 0.3) is 0 Å². The first kappa shape index (κ1) is 28.1. The van der Waals surface area contributed by atoms with Gasteiger partial charge in [0.15, 0.2) is 0 Å². The van der Waals surface area contributed by atoms with Crippen LogP contribution in [-0.4, -0.2) is 51.1 Å². The highest BCUT2D eigenvalue weighted by molar-refractivity contribution is 6.99. The number of hydrogen-bond donors (Lipinski definition) is 2. The Balaban J connectivity index is 1.74. The van der Waals surface area contributed by atoms with E-state index in [2.05, 4.69) is 69.3 Å². The Kier molecular flexibility index (Phi) is 10.3. The van der Waals surface area contributed by atoms with Crippen LogP contribution in [0.5, 0.6) is 5.75 Å². The van der Waals surface area contributed by atoms with E-state index in [1.807, 2.05) is 36.4 Å². The SMILES string of the molecule is COc1ccc(CO[C@H](CCO)[C@H](O)CCO[Si](c2ccccc2)(c2ccccc2)C(C)(C)C)cc1. The maximum atomic E-state index is 11.0. The second-order valence-corrected chi connectivity index (χ2v) is 14.4. The number of hydrogen-bond acceptors (Lipinski definition) is 5. The lowest BCUT2D eigenvalue weighted by molar-refractivity contribution is -0.0620. The molecule has 0 saturated heterocycles. The van der Waals surface area contributed by atoms with Gasteiger partial charge < -0.3 is 24.1 Å². The van der Waals surface area contributed by atoms with Crippen LogP contribution >= 0.6 is 0 Å². The minimum Gasteiger partial charge on any atom is -0.497 e. The molecule has 3 rings (SSSR count). The Bertz CT molecular complexity index is 979. The minimum atomic E-state index is -2.66. The molecule has 0 amide bonds. The van der Waals surface area contributed by atoms with Gasteiger partial charge in [0.25, 0.3) is 8.32 Å². The summed E-state index contributed by atoms with van der Waals surface area (Å²) in [5.74, 6) is 0.783. The average Bonchev–Trinajstić information content (AvgIpc) is 2.89. The summed E-state index contributed by atoms with van der Waals surface area (Å²) in [5, 5.41) is 22.9. The molecule has 5 nitrogen and oxygen atoms in total. The molecule has 36 heavy (non-hydrogen) atoms. The fourth-order valence-electron chi connectivity index (χ4n) is 4.72. The molecule has 194 valence electrons. The summed E-state index contributed by atoms with van der Waals surface area (Å²) >= 11 is 0. The van der Waals surface area contributed by atoms with Crippen LogP contribution in [-0.2, 0) is 15.8 Å². The zero-order valence-corrected chi connectivity index (χ0v) is 22.9. The lowest BCUT2D eigenvalue weighted by Gasteiger charge is -2.43. The number of methoxy groups -OCH3 is 1. The fraction of sp³-hybridized carbons (Fsp3) is 0.400. The average molecular weight is 509 g/mol. The first-order valence-electron chi connectivity index (χ1n) is 12.6. The molecule has 2 N–H and O–H groups in total. The van der Waals surface area contributed by atoms with Crippen molar-refractivity contribution in [2.75, 3.05) is 20.3 Å². The largest absolute Gasteiger partial charge is 0.497 e. The monoisotopic (exact) mass is 508 g/mol. The van der Waals surface area contributed by atoms with Gasteiger partial charge in [0.05, 0.1) is 25.9 Å². The van der Waals surface area contributed by atoms with Crippen LogP contribution in [0.3, 0.4) is 0 Å². The van der Waals surface area contributed by atoms with Gasteiger partial charge in [-0.1, -0.05) is 93.6 Å². The van der Waals surface area contributed by atoms with Crippen LogP contribution in [0, 0.1) is 0 Å². The highest BCUT2D eigenvalue weighted by Crippen LogP contribution is 2.37. The Morgan fingerprint density at radius 2 is 1.36 bits per heavy atom. The normalized spacial score (nSPS) is 13.8. The smallest absolute Gasteiger partial charge is 0.261 e. The van der Waals surface area contributed by atoms with Gasteiger partial charge in [-0.05, 0) is 45.9 Å². The molecule has 0 spiro atoms. The van der Waals surface area contributed by atoms with Gasteiger partial charge in [-0.3, -0.25) is 0 Å². The molecule has 3 aromatic rings. The van der Waals surface area contributed by atoms with Crippen LogP contribution in [0.15, 0.2) is 84.9 Å². The molecule has 0 aliphatic carbocycles. The van der Waals surface area contributed by atoms with E-state index < -0.39 is 20.5 Å². The Morgan fingerprint density at radius 1 is 0.806 bits per heavy atom. The summed E-state index contributed by atoms with van der Waals surface area (Å²) in [4.78, 5) is 0. The fourth-order valence-corrected chi connectivity index (χ4v) is 9.30. The van der Waals surface area contributed by atoms with Crippen LogP contribution in [0.1, 0.15) is 39.2 Å². The van der Waals surface area contributed by atoms with E-state index in [1.165, 1.54) is 10.4 Å². The Labute approximate surface area is 216 Å². The second kappa shape index (κ2) is 13.2. The number of aliphatic hydroxyl groups excluding tert-OH is 2. The highest BCUT2D eigenvalue weighted by atomic mass is 28.4. The van der Waals surface area contributed by atoms with E-state index in [9.17, 15) is 10.2 Å². The molecule has 6 heteroatoms. The van der Waals surface area contributed by atoms with Gasteiger partial charge in [0.1, 0.15) is 5.75 Å². The Morgan fingerprint density at radius 3 is 1.83 bits per heavy atom. The maximum Gasteiger partial charge on any atom is 0.261 e. The van der Waals surface area contributed by atoms with Crippen molar-refractivity contribution < 1.29 is 24.1 Å². The van der Waals surface area contributed by atoms with Crippen molar-refractivity contribution >= 4 is 18.7 Å². The quantitative estimate of drug-likeness (QED) is 0.337. The van der Waals surface area contributed by atoms with Crippen molar-refractivity contribution in [1.29, 1.82) is 0 Å². The number of aliphatic hydroxyl groups is 2. The Hall–Kier alpha value is -2.48. The predicted molar refractivity (Wildman–Crippen MR) is 147 cm³/mol. The lowest BCUT2D eigenvalue weighted by Crippen LogP contribution is -2.66. The lowest BCUT2D eigenvalue weighted by atomic mass is 10.1. The predicted octanol–water partition coefficient (Wildman–Crippen LogP) is 4.29. The zero-order valence-electron chi connectivity index (χ0n) is 21.9. The summed E-state index contributed by atoms with van der Waals surface area (Å²) in [6.45, 7) is 7.40. The number of rotatable bonds is 13. The molecule has 0 aliphatic rings. The topological polar surface area (TPSA) is 68.2 Å². The summed E-state index contributed by atoms with van der Waals surface area (Å²) in [6.07, 6.45) is -0.470. The molecule has 3 aromatic carbocycles. The van der Waals surface area contributed by atoms with E-state index in [1.54, 1.807) is 7.11 Å². The molecule has 0 aliphatic heterocycles. The van der Waals surface area contributed by atoms with Gasteiger partial charge in [-0.15, -0.1) is 0 Å². The van der Waals surface area contributed by atoms with Gasteiger partial charge >= 0.3 is 0 Å². The first-order chi connectivity index (χ1) is 17.3. The van der Waals surface area contributed by atoms with Crippen molar-refractivity contribution in [3.05, 3.63) is 90.5 Å². The van der Waals surface area contributed by atoms with E-state index in [0.29, 0.717) is 26.1 Å². The first-order valence-corrected chi connectivity index (χ1v) is 14.5. The molecular formula is C30H40O5Si. The van der Waals surface area contributed by atoms with Crippen molar-refractivity contribution in [3.63, 3.8) is 0 Å². The molecule has 2 atom stereocenters. The van der Waals surface area contributed by atoms with E-state index in [0.717, 1.165) is 11.3 Å². The van der Waals surface area contributed by atoms with E-state index in [-0.39, 0.29) is 11.6 Å². The standard InChI is InChI=1S/C30H40O5Si/c1-30(2,3)36(26-11-7-5-8-12-26,27-13-9-6-10-14-27)35-22-20-28(32)29(19-21-31)34-23-24-15-17-25(33-4)18-16-24/h5-18,28-29,31-32H,19-23H2,1-4H3/t28-,29-/m1/s1. The molecule has 0 unspecified atom stereocenters. The molecule has 0 bridgehead atoms. The van der Waals surface area contributed by atoms with E-state index >= 15 is 0 Å². The summed E-state index contributed by atoms with van der Waals surface area (Å²) in [5.41, 5.74) is 0.981. The van der Waals surface area contributed by atoms with E-state index in [4.69, 9.17) is 13.9 Å². The van der Waals surface area contributed by atoms with Gasteiger partial charge in [-0.2, -0.15) is 0 Å². The molecule has 0 aromatic heterocycles. The van der Waals surface area contributed by atoms with Gasteiger partial charge in [0, 0.05) is 13.2 Å². The molecule has 0 heterocycles. The highest BCUT2D eigenvalue weighted by Gasteiger charge is 2.50. The number of ether oxygens (including phenoxy) is 2. The van der Waals surface area contributed by atoms with Gasteiger partial charge in [0.2, 0.25) is 0 Å². The summed E-state index contributed by atoms with van der Waals surface area (Å²) in [7, 11) is -1.03. The second-order valence-electron chi connectivity index (χ2n) is 10.1. The zero-order chi connectivity index (χ0) is 26.0. The summed E-state index contributed by atoms with van der Waals surface area (Å²) in [6, 6.07) is 28.6. The van der Waals surface area contributed by atoms with Crippen molar-refractivity contribution in [2.24, 2.45) is 0 Å². The third-order valence-electron chi connectivity index (χ3n) is 6.61. The molecule has 0 radical (unpaired) electrons. The van der Waals surface area contributed by atoms with Gasteiger partial charge in [-0.25, -0.2) is 0 Å². The minimum absolute atomic E-state index is 0.0556. The third kappa shape index (κ3) is 6.84.